The van der Waals surface area contributed by atoms with E-state index in [1.165, 1.54) is 30.3 Å². The van der Waals surface area contributed by atoms with Crippen LogP contribution >= 0.6 is 11.6 Å². The molecule has 0 fully saturated rings. The van der Waals surface area contributed by atoms with E-state index in [0.717, 1.165) is 6.07 Å². The summed E-state index contributed by atoms with van der Waals surface area (Å²) in [5, 5.41) is 10.9. The third-order valence-corrected chi connectivity index (χ3v) is 2.91. The minimum absolute atomic E-state index is 0.160. The predicted octanol–water partition coefficient (Wildman–Crippen LogP) is 4.11. The van der Waals surface area contributed by atoms with E-state index in [0.29, 0.717) is 5.56 Å². The van der Waals surface area contributed by atoms with Crippen LogP contribution in [0.4, 0.5) is 14.5 Å². The Bertz CT molecular complexity index is 664. The Kier molecular flexibility index (Phi) is 4.14. The molecule has 0 radical (unpaired) electrons. The van der Waals surface area contributed by atoms with Crippen LogP contribution in [-0.2, 0) is 6.61 Å². The van der Waals surface area contributed by atoms with Gasteiger partial charge in [-0.1, -0.05) is 17.7 Å². The molecule has 0 bridgehead atoms. The van der Waals surface area contributed by atoms with Gasteiger partial charge in [0.2, 0.25) is 5.82 Å². The van der Waals surface area contributed by atoms with Gasteiger partial charge >= 0.3 is 0 Å². The molecular formula is C13H8ClF2NO3. The van der Waals surface area contributed by atoms with Crippen LogP contribution in [0.15, 0.2) is 36.4 Å². The molecule has 0 aliphatic rings. The van der Waals surface area contributed by atoms with E-state index in [1.54, 1.807) is 0 Å². The average Bonchev–Trinajstić information content (AvgIpc) is 2.41. The summed E-state index contributed by atoms with van der Waals surface area (Å²) >= 11 is 5.87. The first-order chi connectivity index (χ1) is 9.49. The maximum absolute atomic E-state index is 13.4. The minimum Gasteiger partial charge on any atom is -0.486 e. The largest absolute Gasteiger partial charge is 0.486 e. The molecule has 104 valence electrons. The summed E-state index contributed by atoms with van der Waals surface area (Å²) in [6.07, 6.45) is 0. The molecule has 0 amide bonds. The van der Waals surface area contributed by atoms with Crippen molar-refractivity contribution < 1.29 is 18.4 Å². The zero-order valence-corrected chi connectivity index (χ0v) is 10.7. The van der Waals surface area contributed by atoms with Crippen molar-refractivity contribution in [3.8, 4) is 5.75 Å². The molecule has 7 heteroatoms. The number of hydrogen-bond donors (Lipinski definition) is 0. The molecule has 0 saturated carbocycles. The van der Waals surface area contributed by atoms with Crippen molar-refractivity contribution in [2.75, 3.05) is 0 Å². The van der Waals surface area contributed by atoms with Crippen molar-refractivity contribution in [2.45, 2.75) is 6.61 Å². The lowest BCUT2D eigenvalue weighted by Crippen LogP contribution is -2.00. The molecule has 2 aromatic carbocycles. The summed E-state index contributed by atoms with van der Waals surface area (Å²) in [6.45, 7) is -0.207. The highest BCUT2D eigenvalue weighted by Crippen LogP contribution is 2.25. The van der Waals surface area contributed by atoms with Gasteiger partial charge in [0.25, 0.3) is 5.69 Å². The van der Waals surface area contributed by atoms with Gasteiger partial charge in [-0.3, -0.25) is 10.1 Å². The summed E-state index contributed by atoms with van der Waals surface area (Å²) in [6, 6.07) is 7.32. The van der Waals surface area contributed by atoms with E-state index in [2.05, 4.69) is 0 Å². The maximum atomic E-state index is 13.4. The van der Waals surface area contributed by atoms with Crippen molar-refractivity contribution in [3.05, 3.63) is 68.7 Å². The molecule has 0 N–H and O–H groups in total. The van der Waals surface area contributed by atoms with Crippen molar-refractivity contribution in [1.29, 1.82) is 0 Å². The van der Waals surface area contributed by atoms with Gasteiger partial charge in [0.05, 0.1) is 4.92 Å². The molecule has 0 heterocycles. The van der Waals surface area contributed by atoms with Crippen LogP contribution in [0.3, 0.4) is 0 Å². The maximum Gasteiger partial charge on any atom is 0.269 e. The van der Waals surface area contributed by atoms with E-state index >= 15 is 0 Å². The zero-order chi connectivity index (χ0) is 14.7. The fourth-order valence-electron chi connectivity index (χ4n) is 1.54. The van der Waals surface area contributed by atoms with Gasteiger partial charge in [-0.15, -0.1) is 0 Å². The SMILES string of the molecule is O=[N+]([O-])c1ccc(Cl)c(COc2cccc(F)c2F)c1. The molecule has 0 aliphatic carbocycles. The Hall–Kier alpha value is -2.21. The van der Waals surface area contributed by atoms with E-state index in [1.807, 2.05) is 0 Å². The van der Waals surface area contributed by atoms with Crippen molar-refractivity contribution >= 4 is 17.3 Å². The van der Waals surface area contributed by atoms with Gasteiger partial charge < -0.3 is 4.74 Å². The molecule has 0 saturated heterocycles. The number of benzene rings is 2. The van der Waals surface area contributed by atoms with Crippen molar-refractivity contribution in [3.63, 3.8) is 0 Å². The highest BCUT2D eigenvalue weighted by atomic mass is 35.5. The second-order valence-corrected chi connectivity index (χ2v) is 4.28. The van der Waals surface area contributed by atoms with Crippen LogP contribution in [0.25, 0.3) is 0 Å². The summed E-state index contributed by atoms with van der Waals surface area (Å²) in [5.74, 6) is -2.44. The number of nitrogens with zero attached hydrogens (tertiary/aromatic N) is 1. The lowest BCUT2D eigenvalue weighted by molar-refractivity contribution is -0.384. The zero-order valence-electron chi connectivity index (χ0n) is 9.98. The van der Waals surface area contributed by atoms with Crippen molar-refractivity contribution in [2.24, 2.45) is 0 Å². The third-order valence-electron chi connectivity index (χ3n) is 2.54. The molecule has 0 aromatic heterocycles. The number of ether oxygens (including phenoxy) is 1. The molecular weight excluding hydrogens is 292 g/mol. The normalized spacial score (nSPS) is 10.3. The lowest BCUT2D eigenvalue weighted by atomic mass is 10.2. The lowest BCUT2D eigenvalue weighted by Gasteiger charge is -2.08. The van der Waals surface area contributed by atoms with Crippen molar-refractivity contribution in [1.82, 2.24) is 0 Å². The predicted molar refractivity (Wildman–Crippen MR) is 68.8 cm³/mol. The molecule has 4 nitrogen and oxygen atoms in total. The van der Waals surface area contributed by atoms with E-state index in [9.17, 15) is 18.9 Å². The Morgan fingerprint density at radius 1 is 1.25 bits per heavy atom. The number of nitro benzene ring substituents is 1. The van der Waals surface area contributed by atoms with Gasteiger partial charge in [0.15, 0.2) is 11.6 Å². The summed E-state index contributed by atoms with van der Waals surface area (Å²) < 4.78 is 31.5. The average molecular weight is 300 g/mol. The molecule has 0 spiro atoms. The van der Waals surface area contributed by atoms with Crippen LogP contribution < -0.4 is 4.74 Å². The fourth-order valence-corrected chi connectivity index (χ4v) is 1.71. The second-order valence-electron chi connectivity index (χ2n) is 3.87. The molecule has 0 unspecified atom stereocenters. The topological polar surface area (TPSA) is 52.4 Å². The monoisotopic (exact) mass is 299 g/mol. The summed E-state index contributed by atoms with van der Waals surface area (Å²) in [7, 11) is 0. The Labute approximate surface area is 117 Å². The van der Waals surface area contributed by atoms with Crippen LogP contribution in [0, 0.1) is 21.7 Å². The highest BCUT2D eigenvalue weighted by molar-refractivity contribution is 6.31. The molecule has 2 rings (SSSR count). The number of halogens is 3. The first-order valence-electron chi connectivity index (χ1n) is 5.48. The van der Waals surface area contributed by atoms with E-state index < -0.39 is 16.6 Å². The van der Waals surface area contributed by atoms with Crippen LogP contribution in [0.5, 0.6) is 5.75 Å². The van der Waals surface area contributed by atoms with E-state index in [4.69, 9.17) is 16.3 Å². The van der Waals surface area contributed by atoms with Crippen LogP contribution in [-0.4, -0.2) is 4.92 Å². The quantitative estimate of drug-likeness (QED) is 0.630. The van der Waals surface area contributed by atoms with Gasteiger partial charge in [0, 0.05) is 22.7 Å². The Morgan fingerprint density at radius 2 is 2.00 bits per heavy atom. The second kappa shape index (κ2) is 5.83. The Balaban J connectivity index is 2.20. The van der Waals surface area contributed by atoms with Gasteiger partial charge in [-0.2, -0.15) is 4.39 Å². The van der Waals surface area contributed by atoms with Gasteiger partial charge in [-0.05, 0) is 18.2 Å². The smallest absolute Gasteiger partial charge is 0.269 e. The molecule has 2 aromatic rings. The number of rotatable bonds is 4. The standard InChI is InChI=1S/C13H8ClF2NO3/c14-10-5-4-9(17(18)19)6-8(10)7-20-12-3-1-2-11(15)13(12)16/h1-6H,7H2. The minimum atomic E-state index is -1.12. The first kappa shape index (κ1) is 14.2. The van der Waals surface area contributed by atoms with E-state index in [-0.39, 0.29) is 23.1 Å². The number of hydrogen-bond acceptors (Lipinski definition) is 3. The van der Waals surface area contributed by atoms with Crippen LogP contribution in [0.2, 0.25) is 5.02 Å². The Morgan fingerprint density at radius 3 is 2.70 bits per heavy atom. The summed E-state index contributed by atoms with van der Waals surface area (Å²) in [4.78, 5) is 10.1. The van der Waals surface area contributed by atoms with Gasteiger partial charge in [-0.25, -0.2) is 4.39 Å². The molecule has 0 atom stereocenters. The summed E-state index contributed by atoms with van der Waals surface area (Å²) in [5.41, 5.74) is 0.150. The number of non-ortho nitro benzene ring substituents is 1. The van der Waals surface area contributed by atoms with Crippen LogP contribution in [0.1, 0.15) is 5.56 Å². The third kappa shape index (κ3) is 3.03. The fraction of sp³-hybridized carbons (Fsp3) is 0.0769. The molecule has 0 aliphatic heterocycles. The first-order valence-corrected chi connectivity index (χ1v) is 5.86. The highest BCUT2D eigenvalue weighted by Gasteiger charge is 2.12. The molecule has 20 heavy (non-hydrogen) atoms. The number of nitro groups is 1. The van der Waals surface area contributed by atoms with Gasteiger partial charge in [0.1, 0.15) is 6.61 Å².